The number of anilines is 2. The number of rotatable bonds is 8. The number of benzene rings is 1. The smallest absolute Gasteiger partial charge is 0.364 e. The molecule has 0 bridgehead atoms. The molecule has 0 radical (unpaired) electrons. The van der Waals surface area contributed by atoms with Crippen LogP contribution in [-0.4, -0.2) is 28.0 Å². The lowest BCUT2D eigenvalue weighted by atomic mass is 9.82. The first-order valence-electron chi connectivity index (χ1n) is 10.2. The second-order valence-electron chi connectivity index (χ2n) is 7.85. The van der Waals surface area contributed by atoms with Crippen LogP contribution in [0.25, 0.3) is 0 Å². The van der Waals surface area contributed by atoms with E-state index in [-0.39, 0.29) is 34.6 Å². The van der Waals surface area contributed by atoms with Crippen molar-refractivity contribution in [2.75, 3.05) is 23.7 Å². The molecule has 2 aromatic rings. The highest BCUT2D eigenvalue weighted by Gasteiger charge is 2.31. The second-order valence-corrected chi connectivity index (χ2v) is 8.25. The molecule has 0 saturated heterocycles. The zero-order valence-electron chi connectivity index (χ0n) is 17.2. The molecule has 1 aromatic heterocycles. The van der Waals surface area contributed by atoms with Gasteiger partial charge in [0.2, 0.25) is 11.8 Å². The molecular formula is C20H24ClF3N6O2. The van der Waals surface area contributed by atoms with Crippen molar-refractivity contribution in [2.45, 2.75) is 38.4 Å². The molecule has 0 spiro atoms. The summed E-state index contributed by atoms with van der Waals surface area (Å²) in [4.78, 5) is 18.8. The number of nitrogens with zero attached hydrogens (tertiary/aromatic N) is 3. The number of nitrogens with two attached hydrogens (primary N) is 1. The van der Waals surface area contributed by atoms with E-state index in [2.05, 4.69) is 20.6 Å². The minimum Gasteiger partial charge on any atom is -0.364 e. The molecule has 1 aliphatic carbocycles. The summed E-state index contributed by atoms with van der Waals surface area (Å²) in [6, 6.07) is 3.01. The van der Waals surface area contributed by atoms with Gasteiger partial charge in [-0.3, -0.25) is 10.1 Å². The lowest BCUT2D eigenvalue weighted by Crippen LogP contribution is -2.25. The summed E-state index contributed by atoms with van der Waals surface area (Å²) in [5, 5.41) is 17.3. The molecule has 0 unspecified atom stereocenters. The number of nitro groups is 1. The summed E-state index contributed by atoms with van der Waals surface area (Å²) >= 11 is 6.01. The Kier molecular flexibility index (Phi) is 7.73. The molecule has 12 heteroatoms. The second kappa shape index (κ2) is 10.3. The summed E-state index contributed by atoms with van der Waals surface area (Å²) < 4.78 is 38.8. The average molecular weight is 473 g/mol. The minimum atomic E-state index is -4.50. The van der Waals surface area contributed by atoms with E-state index < -0.39 is 16.7 Å². The van der Waals surface area contributed by atoms with E-state index in [4.69, 9.17) is 17.3 Å². The first kappa shape index (κ1) is 24.0. The topological polar surface area (TPSA) is 119 Å². The van der Waals surface area contributed by atoms with Crippen LogP contribution >= 0.6 is 11.6 Å². The Balaban J connectivity index is 1.69. The Hall–Kier alpha value is -2.66. The number of halogens is 4. The number of hydrogen-bond acceptors (Lipinski definition) is 7. The number of hydrogen-bond donors (Lipinski definition) is 3. The predicted molar refractivity (Wildman–Crippen MR) is 115 cm³/mol. The van der Waals surface area contributed by atoms with Gasteiger partial charge in [-0.2, -0.15) is 18.2 Å². The van der Waals surface area contributed by atoms with Crippen LogP contribution in [0.15, 0.2) is 24.4 Å². The zero-order valence-corrected chi connectivity index (χ0v) is 17.9. The van der Waals surface area contributed by atoms with Gasteiger partial charge in [-0.1, -0.05) is 11.6 Å². The Morgan fingerprint density at radius 1 is 1.19 bits per heavy atom. The van der Waals surface area contributed by atoms with E-state index in [9.17, 15) is 23.3 Å². The highest BCUT2D eigenvalue weighted by Crippen LogP contribution is 2.32. The standard InChI is InChI=1S/C20H24ClF3N6O2/c21-16-6-5-15(20(22,23)24)7-14(16)10-27-19-28-11-17(30(31)32)18(29-19)26-9-13-3-1-12(8-25)2-4-13/h5-7,11-13H,1-4,8-10,25H2,(H2,26,27,28,29). The Labute approximate surface area is 187 Å². The number of aromatic nitrogens is 2. The molecule has 174 valence electrons. The Bertz CT molecular complexity index is 951. The van der Waals surface area contributed by atoms with Crippen molar-refractivity contribution in [1.29, 1.82) is 0 Å². The van der Waals surface area contributed by atoms with E-state index in [0.29, 0.717) is 24.9 Å². The molecule has 0 aliphatic heterocycles. The van der Waals surface area contributed by atoms with Gasteiger partial charge in [0.05, 0.1) is 10.5 Å². The van der Waals surface area contributed by atoms with Gasteiger partial charge in [-0.15, -0.1) is 0 Å². The van der Waals surface area contributed by atoms with E-state index in [1.165, 1.54) is 6.07 Å². The van der Waals surface area contributed by atoms with Crippen LogP contribution in [0.5, 0.6) is 0 Å². The monoisotopic (exact) mass is 472 g/mol. The third-order valence-electron chi connectivity index (χ3n) is 5.63. The molecule has 1 aromatic carbocycles. The molecule has 1 fully saturated rings. The van der Waals surface area contributed by atoms with Crippen LogP contribution < -0.4 is 16.4 Å². The largest absolute Gasteiger partial charge is 0.416 e. The van der Waals surface area contributed by atoms with Crippen molar-refractivity contribution in [1.82, 2.24) is 9.97 Å². The molecule has 0 atom stereocenters. The van der Waals surface area contributed by atoms with Crippen LogP contribution in [0.3, 0.4) is 0 Å². The van der Waals surface area contributed by atoms with E-state index in [0.717, 1.165) is 44.0 Å². The molecule has 0 amide bonds. The van der Waals surface area contributed by atoms with Gasteiger partial charge in [0.15, 0.2) is 0 Å². The molecule has 1 saturated carbocycles. The maximum absolute atomic E-state index is 12.9. The third-order valence-corrected chi connectivity index (χ3v) is 6.00. The zero-order chi connectivity index (χ0) is 23.3. The van der Waals surface area contributed by atoms with Crippen molar-refractivity contribution >= 4 is 29.1 Å². The van der Waals surface area contributed by atoms with Gasteiger partial charge in [-0.25, -0.2) is 4.98 Å². The maximum atomic E-state index is 12.9. The molecule has 8 nitrogen and oxygen atoms in total. The fourth-order valence-corrected chi connectivity index (χ4v) is 3.88. The van der Waals surface area contributed by atoms with Crippen LogP contribution in [0.1, 0.15) is 36.8 Å². The Morgan fingerprint density at radius 3 is 2.50 bits per heavy atom. The van der Waals surface area contributed by atoms with Crippen LogP contribution in [0, 0.1) is 22.0 Å². The van der Waals surface area contributed by atoms with E-state index in [1.807, 2.05) is 0 Å². The van der Waals surface area contributed by atoms with Gasteiger partial charge in [0.25, 0.3) is 0 Å². The van der Waals surface area contributed by atoms with E-state index >= 15 is 0 Å². The molecule has 1 heterocycles. The third kappa shape index (κ3) is 6.19. The summed E-state index contributed by atoms with van der Waals surface area (Å²) in [6.45, 7) is 1.11. The van der Waals surface area contributed by atoms with Crippen LogP contribution in [0.4, 0.5) is 30.6 Å². The summed E-state index contributed by atoms with van der Waals surface area (Å²) in [6.07, 6.45) is 0.582. The van der Waals surface area contributed by atoms with Crippen molar-refractivity contribution in [3.05, 3.63) is 50.7 Å². The predicted octanol–water partition coefficient (Wildman–Crippen LogP) is 4.85. The van der Waals surface area contributed by atoms with E-state index in [1.54, 1.807) is 0 Å². The van der Waals surface area contributed by atoms with Crippen LogP contribution in [-0.2, 0) is 12.7 Å². The molecule has 4 N–H and O–H groups in total. The summed E-state index contributed by atoms with van der Waals surface area (Å²) in [7, 11) is 0. The average Bonchev–Trinajstić information content (AvgIpc) is 2.76. The van der Waals surface area contributed by atoms with Gasteiger partial charge < -0.3 is 16.4 Å². The lowest BCUT2D eigenvalue weighted by molar-refractivity contribution is -0.384. The summed E-state index contributed by atoms with van der Waals surface area (Å²) in [5.41, 5.74) is 4.82. The quantitative estimate of drug-likeness (QED) is 0.371. The Morgan fingerprint density at radius 2 is 1.88 bits per heavy atom. The first-order chi connectivity index (χ1) is 15.2. The fraction of sp³-hybridized carbons (Fsp3) is 0.500. The molecule has 1 aliphatic rings. The van der Waals surface area contributed by atoms with Crippen molar-refractivity contribution in [2.24, 2.45) is 17.6 Å². The minimum absolute atomic E-state index is 0.0402. The first-order valence-corrected chi connectivity index (χ1v) is 10.6. The molecule has 32 heavy (non-hydrogen) atoms. The molecular weight excluding hydrogens is 449 g/mol. The van der Waals surface area contributed by atoms with Gasteiger partial charge in [0, 0.05) is 18.1 Å². The number of alkyl halides is 3. The normalized spacial score (nSPS) is 18.9. The lowest BCUT2D eigenvalue weighted by Gasteiger charge is -2.27. The maximum Gasteiger partial charge on any atom is 0.416 e. The summed E-state index contributed by atoms with van der Waals surface area (Å²) in [5.74, 6) is 0.979. The van der Waals surface area contributed by atoms with Crippen molar-refractivity contribution in [3.63, 3.8) is 0 Å². The van der Waals surface area contributed by atoms with Crippen molar-refractivity contribution in [3.8, 4) is 0 Å². The fourth-order valence-electron chi connectivity index (χ4n) is 3.70. The number of nitrogens with one attached hydrogen (secondary N) is 2. The highest BCUT2D eigenvalue weighted by molar-refractivity contribution is 6.31. The van der Waals surface area contributed by atoms with Crippen molar-refractivity contribution < 1.29 is 18.1 Å². The highest BCUT2D eigenvalue weighted by atomic mass is 35.5. The SMILES string of the molecule is NCC1CCC(CNc2nc(NCc3cc(C(F)(F)F)ccc3Cl)ncc2[N+](=O)[O-])CC1. The molecule has 3 rings (SSSR count). The van der Waals surface area contributed by atoms with Crippen LogP contribution in [0.2, 0.25) is 5.02 Å². The van der Waals surface area contributed by atoms with Gasteiger partial charge >= 0.3 is 11.9 Å². The van der Waals surface area contributed by atoms with Gasteiger partial charge in [-0.05, 0) is 67.8 Å². The van der Waals surface area contributed by atoms with Gasteiger partial charge in [0.1, 0.15) is 6.20 Å².